The maximum absolute atomic E-state index is 12.5. The first-order valence-electron chi connectivity index (χ1n) is 9.05. The van der Waals surface area contributed by atoms with E-state index in [-0.39, 0.29) is 11.8 Å². The van der Waals surface area contributed by atoms with Crippen molar-refractivity contribution in [3.63, 3.8) is 0 Å². The van der Waals surface area contributed by atoms with E-state index in [0.717, 1.165) is 30.4 Å². The molecule has 0 aliphatic carbocycles. The van der Waals surface area contributed by atoms with Gasteiger partial charge < -0.3 is 14.4 Å². The molecular weight excluding hydrogens is 350 g/mol. The van der Waals surface area contributed by atoms with Crippen LogP contribution in [0.3, 0.4) is 0 Å². The first kappa shape index (κ1) is 20.5. The van der Waals surface area contributed by atoms with Crippen molar-refractivity contribution >= 4 is 17.7 Å². The van der Waals surface area contributed by atoms with Crippen LogP contribution in [0.15, 0.2) is 9.68 Å². The molecule has 0 aliphatic rings. The molecular formula is C18H29N5O2S. The monoisotopic (exact) mass is 379 g/mol. The summed E-state index contributed by atoms with van der Waals surface area (Å²) in [7, 11) is 0. The van der Waals surface area contributed by atoms with E-state index in [2.05, 4.69) is 39.1 Å². The lowest BCUT2D eigenvalue weighted by molar-refractivity contribution is 0.0950. The van der Waals surface area contributed by atoms with E-state index in [1.807, 2.05) is 20.1 Å². The largest absolute Gasteiger partial charge is 0.360 e. The maximum atomic E-state index is 12.5. The summed E-state index contributed by atoms with van der Waals surface area (Å²) in [6.07, 6.45) is 3.59. The lowest BCUT2D eigenvalue weighted by Gasteiger charge is -2.12. The third-order valence-corrected chi connectivity index (χ3v) is 4.69. The molecule has 0 radical (unpaired) electrons. The van der Waals surface area contributed by atoms with Crippen LogP contribution in [-0.2, 0) is 13.0 Å². The number of hydrogen-bond acceptors (Lipinski definition) is 6. The number of carbonyl (C=O) groups is 1. The van der Waals surface area contributed by atoms with E-state index in [0.29, 0.717) is 29.5 Å². The summed E-state index contributed by atoms with van der Waals surface area (Å²) in [5.41, 5.74) is 1.19. The van der Waals surface area contributed by atoms with E-state index in [9.17, 15) is 4.79 Å². The molecule has 0 spiro atoms. The molecule has 144 valence electrons. The summed E-state index contributed by atoms with van der Waals surface area (Å²) >= 11 is 1.61. The van der Waals surface area contributed by atoms with Crippen LogP contribution in [0.25, 0.3) is 0 Å². The van der Waals surface area contributed by atoms with E-state index in [4.69, 9.17) is 4.52 Å². The fourth-order valence-corrected chi connectivity index (χ4v) is 3.32. The SMILES string of the molecule is CSc1nnc(CCCNC(=O)c2c(C)noc2C(C)C)n1CC(C)C. The van der Waals surface area contributed by atoms with Crippen molar-refractivity contribution < 1.29 is 9.32 Å². The molecule has 26 heavy (non-hydrogen) atoms. The first-order chi connectivity index (χ1) is 12.3. The summed E-state index contributed by atoms with van der Waals surface area (Å²) in [5.74, 6) is 2.14. The van der Waals surface area contributed by atoms with Gasteiger partial charge in [0.15, 0.2) is 10.9 Å². The topological polar surface area (TPSA) is 85.8 Å². The Hall–Kier alpha value is -1.83. The third-order valence-electron chi connectivity index (χ3n) is 4.03. The Kier molecular flexibility index (Phi) is 7.25. The smallest absolute Gasteiger partial charge is 0.256 e. The van der Waals surface area contributed by atoms with Crippen molar-refractivity contribution in [2.45, 2.75) is 65.1 Å². The van der Waals surface area contributed by atoms with Crippen LogP contribution in [0.5, 0.6) is 0 Å². The highest BCUT2D eigenvalue weighted by Crippen LogP contribution is 2.22. The fraction of sp³-hybridized carbons (Fsp3) is 0.667. The molecule has 7 nitrogen and oxygen atoms in total. The highest BCUT2D eigenvalue weighted by molar-refractivity contribution is 7.98. The maximum Gasteiger partial charge on any atom is 0.256 e. The van der Waals surface area contributed by atoms with Crippen molar-refractivity contribution in [1.29, 1.82) is 0 Å². The number of nitrogens with one attached hydrogen (secondary N) is 1. The van der Waals surface area contributed by atoms with Crippen LogP contribution < -0.4 is 5.32 Å². The van der Waals surface area contributed by atoms with Crippen LogP contribution in [0.4, 0.5) is 0 Å². The zero-order valence-electron chi connectivity index (χ0n) is 16.5. The number of aryl methyl sites for hydroxylation is 2. The van der Waals surface area contributed by atoms with Crippen LogP contribution in [0.2, 0.25) is 0 Å². The first-order valence-corrected chi connectivity index (χ1v) is 10.3. The summed E-state index contributed by atoms with van der Waals surface area (Å²) in [4.78, 5) is 12.5. The number of thioether (sulfide) groups is 1. The van der Waals surface area contributed by atoms with Crippen molar-refractivity contribution in [1.82, 2.24) is 25.2 Å². The average Bonchev–Trinajstić information content (AvgIpc) is 3.14. The number of rotatable bonds is 9. The van der Waals surface area contributed by atoms with Crippen molar-refractivity contribution in [2.24, 2.45) is 5.92 Å². The molecule has 0 unspecified atom stereocenters. The van der Waals surface area contributed by atoms with Gasteiger partial charge in [0.05, 0.1) is 5.69 Å². The molecule has 0 aliphatic heterocycles. The zero-order valence-corrected chi connectivity index (χ0v) is 17.3. The van der Waals surface area contributed by atoms with E-state index in [1.165, 1.54) is 0 Å². The quantitative estimate of drug-likeness (QED) is 0.530. The number of nitrogens with zero attached hydrogens (tertiary/aromatic N) is 4. The van der Waals surface area contributed by atoms with Crippen LogP contribution in [0.1, 0.15) is 67.7 Å². The summed E-state index contributed by atoms with van der Waals surface area (Å²) in [6, 6.07) is 0. The molecule has 2 aromatic rings. The van der Waals surface area contributed by atoms with Crippen LogP contribution in [-0.4, -0.2) is 38.6 Å². The highest BCUT2D eigenvalue weighted by atomic mass is 32.2. The number of hydrogen-bond donors (Lipinski definition) is 1. The van der Waals surface area contributed by atoms with Crippen molar-refractivity contribution in [3.05, 3.63) is 22.8 Å². The Morgan fingerprint density at radius 3 is 2.62 bits per heavy atom. The van der Waals surface area contributed by atoms with Gasteiger partial charge in [-0.05, 0) is 25.5 Å². The second kappa shape index (κ2) is 9.21. The average molecular weight is 380 g/mol. The Morgan fingerprint density at radius 2 is 2.00 bits per heavy atom. The number of amides is 1. The molecule has 0 aromatic carbocycles. The third kappa shape index (κ3) is 4.87. The lowest BCUT2D eigenvalue weighted by Crippen LogP contribution is -2.26. The van der Waals surface area contributed by atoms with Gasteiger partial charge in [0, 0.05) is 25.4 Å². The Labute approximate surface area is 159 Å². The van der Waals surface area contributed by atoms with Gasteiger partial charge in [0.25, 0.3) is 5.91 Å². The minimum absolute atomic E-state index is 0.122. The molecule has 1 amide bonds. The number of aromatic nitrogens is 4. The highest BCUT2D eigenvalue weighted by Gasteiger charge is 2.22. The van der Waals surface area contributed by atoms with Crippen LogP contribution in [0, 0.1) is 12.8 Å². The normalized spacial score (nSPS) is 11.5. The van der Waals surface area contributed by atoms with Gasteiger partial charge in [-0.2, -0.15) is 0 Å². The van der Waals surface area contributed by atoms with Crippen LogP contribution >= 0.6 is 11.8 Å². The summed E-state index contributed by atoms with van der Waals surface area (Å²) in [6.45, 7) is 11.6. The molecule has 0 saturated carbocycles. The van der Waals surface area contributed by atoms with Crippen molar-refractivity contribution in [2.75, 3.05) is 12.8 Å². The molecule has 8 heteroatoms. The second-order valence-corrected chi connectivity index (χ2v) is 7.90. The molecule has 0 atom stereocenters. The molecule has 2 heterocycles. The van der Waals surface area contributed by atoms with Gasteiger partial charge in [0.2, 0.25) is 0 Å². The van der Waals surface area contributed by atoms with Gasteiger partial charge in [-0.25, -0.2) is 0 Å². The van der Waals surface area contributed by atoms with E-state index in [1.54, 1.807) is 18.7 Å². The fourth-order valence-electron chi connectivity index (χ4n) is 2.80. The predicted molar refractivity (Wildman–Crippen MR) is 103 cm³/mol. The lowest BCUT2D eigenvalue weighted by atomic mass is 10.0. The van der Waals surface area contributed by atoms with Gasteiger partial charge >= 0.3 is 0 Å². The van der Waals surface area contributed by atoms with Gasteiger partial charge in [0.1, 0.15) is 11.4 Å². The molecule has 1 N–H and O–H groups in total. The van der Waals surface area contributed by atoms with E-state index < -0.39 is 0 Å². The Morgan fingerprint density at radius 1 is 1.27 bits per heavy atom. The minimum Gasteiger partial charge on any atom is -0.360 e. The standard InChI is InChI=1S/C18H29N5O2S/c1-11(2)10-23-14(20-21-18(23)26-6)8-7-9-19-17(24)15-13(5)22-25-16(15)12(3)4/h11-12H,7-10H2,1-6H3,(H,19,24). The van der Waals surface area contributed by atoms with Gasteiger partial charge in [-0.1, -0.05) is 44.6 Å². The molecule has 2 rings (SSSR count). The van der Waals surface area contributed by atoms with Gasteiger partial charge in [-0.15, -0.1) is 10.2 Å². The molecule has 2 aromatic heterocycles. The number of carbonyl (C=O) groups excluding carboxylic acids is 1. The summed E-state index contributed by atoms with van der Waals surface area (Å²) in [5, 5.41) is 16.4. The molecule has 0 saturated heterocycles. The molecule has 0 bridgehead atoms. The minimum atomic E-state index is -0.124. The Balaban J connectivity index is 1.92. The second-order valence-electron chi connectivity index (χ2n) is 7.13. The van der Waals surface area contributed by atoms with Crippen molar-refractivity contribution in [3.8, 4) is 0 Å². The molecule has 0 fully saturated rings. The Bertz CT molecular complexity index is 736. The summed E-state index contributed by atoms with van der Waals surface area (Å²) < 4.78 is 7.47. The van der Waals surface area contributed by atoms with Gasteiger partial charge in [-0.3, -0.25) is 4.79 Å². The van der Waals surface area contributed by atoms with E-state index >= 15 is 0 Å². The predicted octanol–water partition coefficient (Wildman–Crippen LogP) is 3.44. The zero-order chi connectivity index (χ0) is 19.3.